The Labute approximate surface area is 149 Å². The van der Waals surface area contributed by atoms with Crippen molar-refractivity contribution in [2.75, 3.05) is 25.7 Å². The minimum Gasteiger partial charge on any atom is -0.497 e. The molecule has 0 saturated carbocycles. The zero-order chi connectivity index (χ0) is 17.7. The minimum absolute atomic E-state index is 0.198. The first-order valence-electron chi connectivity index (χ1n) is 8.78. The van der Waals surface area contributed by atoms with Crippen molar-refractivity contribution in [3.63, 3.8) is 0 Å². The molecule has 2 aromatic carbocycles. The highest BCUT2D eigenvalue weighted by atomic mass is 16.5. The van der Waals surface area contributed by atoms with Crippen LogP contribution in [-0.2, 0) is 15.1 Å². The molecule has 1 saturated heterocycles. The fourth-order valence-electron chi connectivity index (χ4n) is 3.78. The summed E-state index contributed by atoms with van der Waals surface area (Å²) in [7, 11) is 3.13. The second-order valence-corrected chi connectivity index (χ2v) is 6.38. The maximum absolute atomic E-state index is 13.1. The molecule has 0 bridgehead atoms. The van der Waals surface area contributed by atoms with Crippen LogP contribution >= 0.6 is 0 Å². The number of carbonyl (C=O) groups excluding carboxylic acids is 1. The SMILES string of the molecule is COC(=O)[C@@]1(c2ccccc2)CCCCCN1c1ccc(OC)cc1. The van der Waals surface area contributed by atoms with Gasteiger partial charge in [-0.3, -0.25) is 0 Å². The normalized spacial score (nSPS) is 20.6. The third kappa shape index (κ3) is 3.21. The van der Waals surface area contributed by atoms with Crippen LogP contribution in [0.4, 0.5) is 5.69 Å². The molecule has 0 unspecified atom stereocenters. The van der Waals surface area contributed by atoms with Gasteiger partial charge in [0.1, 0.15) is 5.75 Å². The third-order valence-electron chi connectivity index (χ3n) is 5.04. The van der Waals surface area contributed by atoms with Crippen molar-refractivity contribution >= 4 is 11.7 Å². The summed E-state index contributed by atoms with van der Waals surface area (Å²) >= 11 is 0. The maximum Gasteiger partial charge on any atom is 0.336 e. The Kier molecular flexibility index (Phi) is 5.27. The average Bonchev–Trinajstić information content (AvgIpc) is 2.92. The lowest BCUT2D eigenvalue weighted by Gasteiger charge is -2.42. The Morgan fingerprint density at radius 1 is 0.960 bits per heavy atom. The van der Waals surface area contributed by atoms with Crippen LogP contribution in [0.3, 0.4) is 0 Å². The highest BCUT2D eigenvalue weighted by Crippen LogP contribution is 2.41. The standard InChI is InChI=1S/C21H25NO3/c1-24-19-13-11-18(12-14-19)22-16-8-4-7-15-21(22,20(23)25-2)17-9-5-3-6-10-17/h3,5-6,9-14H,4,7-8,15-16H2,1-2H3/t21-/m0/s1. The monoisotopic (exact) mass is 339 g/mol. The van der Waals surface area contributed by atoms with Crippen molar-refractivity contribution in [1.29, 1.82) is 0 Å². The second-order valence-electron chi connectivity index (χ2n) is 6.38. The topological polar surface area (TPSA) is 38.8 Å². The van der Waals surface area contributed by atoms with Crippen molar-refractivity contribution in [2.45, 2.75) is 31.2 Å². The zero-order valence-corrected chi connectivity index (χ0v) is 14.9. The zero-order valence-electron chi connectivity index (χ0n) is 14.9. The van der Waals surface area contributed by atoms with Gasteiger partial charge in [0.15, 0.2) is 5.54 Å². The summed E-state index contributed by atoms with van der Waals surface area (Å²) in [6.07, 6.45) is 3.90. The number of esters is 1. The van der Waals surface area contributed by atoms with Crippen LogP contribution in [-0.4, -0.2) is 26.7 Å². The number of hydrogen-bond donors (Lipinski definition) is 0. The third-order valence-corrected chi connectivity index (χ3v) is 5.04. The summed E-state index contributed by atoms with van der Waals surface area (Å²) in [6, 6.07) is 17.9. The van der Waals surface area contributed by atoms with Gasteiger partial charge in [0.25, 0.3) is 0 Å². The van der Waals surface area contributed by atoms with Crippen LogP contribution < -0.4 is 9.64 Å². The first-order valence-corrected chi connectivity index (χ1v) is 8.78. The largest absolute Gasteiger partial charge is 0.497 e. The first-order chi connectivity index (χ1) is 12.2. The van der Waals surface area contributed by atoms with E-state index in [1.165, 1.54) is 7.11 Å². The van der Waals surface area contributed by atoms with Gasteiger partial charge in [-0.05, 0) is 42.7 Å². The summed E-state index contributed by atoms with van der Waals surface area (Å²) in [5.41, 5.74) is 1.21. The number of rotatable bonds is 4. The Morgan fingerprint density at radius 2 is 1.68 bits per heavy atom. The number of ether oxygens (including phenoxy) is 2. The molecule has 0 aromatic heterocycles. The van der Waals surface area contributed by atoms with Crippen molar-refractivity contribution < 1.29 is 14.3 Å². The molecule has 1 heterocycles. The summed E-state index contributed by atoms with van der Waals surface area (Å²) in [5.74, 6) is 0.610. The van der Waals surface area contributed by atoms with E-state index in [-0.39, 0.29) is 5.97 Å². The number of carbonyl (C=O) groups is 1. The molecule has 2 aromatic rings. The molecular formula is C21H25NO3. The van der Waals surface area contributed by atoms with Gasteiger partial charge in [0.05, 0.1) is 14.2 Å². The molecule has 0 radical (unpaired) electrons. The average molecular weight is 339 g/mol. The molecule has 3 rings (SSSR count). The lowest BCUT2D eigenvalue weighted by Crippen LogP contribution is -2.52. The first kappa shape index (κ1) is 17.3. The van der Waals surface area contributed by atoms with E-state index in [1.807, 2.05) is 54.6 Å². The summed E-state index contributed by atoms with van der Waals surface area (Å²) in [6.45, 7) is 0.816. The van der Waals surface area contributed by atoms with Gasteiger partial charge < -0.3 is 14.4 Å². The van der Waals surface area contributed by atoms with Gasteiger partial charge in [-0.15, -0.1) is 0 Å². The van der Waals surface area contributed by atoms with E-state index in [1.54, 1.807) is 7.11 Å². The number of hydrogen-bond acceptors (Lipinski definition) is 4. The molecule has 132 valence electrons. The van der Waals surface area contributed by atoms with Gasteiger partial charge in [0.2, 0.25) is 0 Å². The second kappa shape index (κ2) is 7.60. The van der Waals surface area contributed by atoms with Gasteiger partial charge in [-0.25, -0.2) is 4.79 Å². The minimum atomic E-state index is -0.791. The number of anilines is 1. The molecule has 4 heteroatoms. The summed E-state index contributed by atoms with van der Waals surface area (Å²) < 4.78 is 10.6. The van der Waals surface area contributed by atoms with Crippen LogP contribution in [0.2, 0.25) is 0 Å². The molecule has 1 fully saturated rings. The Hall–Kier alpha value is -2.49. The van der Waals surface area contributed by atoms with E-state index in [0.29, 0.717) is 0 Å². The van der Waals surface area contributed by atoms with Gasteiger partial charge in [-0.1, -0.05) is 43.2 Å². The number of benzene rings is 2. The fourth-order valence-corrected chi connectivity index (χ4v) is 3.78. The van der Waals surface area contributed by atoms with Gasteiger partial charge in [-0.2, -0.15) is 0 Å². The quantitative estimate of drug-likeness (QED) is 0.785. The lowest BCUT2D eigenvalue weighted by atomic mass is 9.83. The molecule has 0 aliphatic carbocycles. The van der Waals surface area contributed by atoms with Crippen molar-refractivity contribution in [3.8, 4) is 5.75 Å². The summed E-state index contributed by atoms with van der Waals surface area (Å²) in [4.78, 5) is 15.3. The lowest BCUT2D eigenvalue weighted by molar-refractivity contribution is -0.148. The predicted octanol–water partition coefficient (Wildman–Crippen LogP) is 4.14. The van der Waals surface area contributed by atoms with Gasteiger partial charge >= 0.3 is 5.97 Å². The summed E-state index contributed by atoms with van der Waals surface area (Å²) in [5, 5.41) is 0. The molecule has 0 amide bonds. The van der Waals surface area contributed by atoms with E-state index in [0.717, 1.165) is 49.2 Å². The molecule has 1 aliphatic heterocycles. The van der Waals surface area contributed by atoms with E-state index >= 15 is 0 Å². The van der Waals surface area contributed by atoms with Crippen LogP contribution in [0.1, 0.15) is 31.2 Å². The van der Waals surface area contributed by atoms with Crippen molar-refractivity contribution in [2.24, 2.45) is 0 Å². The molecule has 0 N–H and O–H groups in total. The molecular weight excluding hydrogens is 314 g/mol. The maximum atomic E-state index is 13.1. The predicted molar refractivity (Wildman–Crippen MR) is 98.9 cm³/mol. The number of nitrogens with zero attached hydrogens (tertiary/aromatic N) is 1. The molecule has 1 aliphatic rings. The Morgan fingerprint density at radius 3 is 2.32 bits per heavy atom. The smallest absolute Gasteiger partial charge is 0.336 e. The van der Waals surface area contributed by atoms with E-state index < -0.39 is 5.54 Å². The van der Waals surface area contributed by atoms with Crippen molar-refractivity contribution in [3.05, 3.63) is 60.2 Å². The Bertz CT molecular complexity index is 699. The highest BCUT2D eigenvalue weighted by molar-refractivity contribution is 5.87. The molecule has 1 atom stereocenters. The van der Waals surface area contributed by atoms with Crippen LogP contribution in [0.15, 0.2) is 54.6 Å². The molecule has 25 heavy (non-hydrogen) atoms. The van der Waals surface area contributed by atoms with Gasteiger partial charge in [0, 0.05) is 12.2 Å². The Balaban J connectivity index is 2.14. The van der Waals surface area contributed by atoms with Crippen LogP contribution in [0.25, 0.3) is 0 Å². The molecule has 0 spiro atoms. The van der Waals surface area contributed by atoms with E-state index in [4.69, 9.17) is 9.47 Å². The highest BCUT2D eigenvalue weighted by Gasteiger charge is 2.47. The number of methoxy groups -OCH3 is 2. The fraction of sp³-hybridized carbons (Fsp3) is 0.381. The van der Waals surface area contributed by atoms with E-state index in [9.17, 15) is 4.79 Å². The molecule has 4 nitrogen and oxygen atoms in total. The van der Waals surface area contributed by atoms with E-state index in [2.05, 4.69) is 4.90 Å². The van der Waals surface area contributed by atoms with Crippen LogP contribution in [0.5, 0.6) is 5.75 Å². The van der Waals surface area contributed by atoms with Crippen LogP contribution in [0, 0.1) is 0 Å². The van der Waals surface area contributed by atoms with Crippen molar-refractivity contribution in [1.82, 2.24) is 0 Å².